The molecule has 0 aliphatic carbocycles. The van der Waals surface area contributed by atoms with E-state index in [1.54, 1.807) is 0 Å². The first-order valence-corrected chi connectivity index (χ1v) is 9.84. The second-order valence-electron chi connectivity index (χ2n) is 6.09. The van der Waals surface area contributed by atoms with Crippen LogP contribution in [-0.2, 0) is 9.59 Å². The summed E-state index contributed by atoms with van der Waals surface area (Å²) < 4.78 is 40.6. The maximum Gasteiger partial charge on any atom is 0.303 e. The molecule has 1 atom stereocenters. The number of unbranched alkanes of at least 4 members (excludes halogenated alkanes) is 2. The topological polar surface area (TPSA) is 107 Å². The highest BCUT2D eigenvalue weighted by Crippen LogP contribution is 2.22. The van der Waals surface area contributed by atoms with Gasteiger partial charge in [-0.05, 0) is 37.4 Å². The zero-order valence-electron chi connectivity index (χ0n) is 21.0. The molecular formula is C20H28Cl2N2O5. The molecule has 9 heteroatoms. The third-order valence-electron chi connectivity index (χ3n) is 3.83. The van der Waals surface area contributed by atoms with Crippen molar-refractivity contribution >= 4 is 41.0 Å². The van der Waals surface area contributed by atoms with Crippen molar-refractivity contribution in [2.75, 3.05) is 19.7 Å². The predicted molar refractivity (Wildman–Crippen MR) is 112 cm³/mol. The number of carboxylic acids is 1. The van der Waals surface area contributed by atoms with Crippen molar-refractivity contribution in [1.29, 1.82) is 0 Å². The molecule has 1 unspecified atom stereocenters. The molecule has 0 aliphatic heterocycles. The lowest BCUT2D eigenvalue weighted by atomic mass is 10.1. The van der Waals surface area contributed by atoms with Crippen LogP contribution in [0, 0.1) is 0 Å². The number of carbonyl (C=O) groups excluding carboxylic acids is 2. The van der Waals surface area contributed by atoms with Gasteiger partial charge in [0.2, 0.25) is 5.91 Å². The quantitative estimate of drug-likeness (QED) is 0.398. The Morgan fingerprint density at radius 1 is 1.21 bits per heavy atom. The average molecular weight is 452 g/mol. The van der Waals surface area contributed by atoms with Gasteiger partial charge in [-0.1, -0.05) is 43.0 Å². The first-order chi connectivity index (χ1) is 15.7. The lowest BCUT2D eigenvalue weighted by molar-refractivity contribution is -0.138. The summed E-state index contributed by atoms with van der Waals surface area (Å²) in [5.41, 5.74) is -0.210. The summed E-state index contributed by atoms with van der Waals surface area (Å²) >= 11 is 11.7. The summed E-state index contributed by atoms with van der Waals surface area (Å²) in [6.07, 6.45) is -5.46. The Bertz CT molecular complexity index is 906. The van der Waals surface area contributed by atoms with Gasteiger partial charge in [0.1, 0.15) is 6.02 Å². The Labute approximate surface area is 188 Å². The van der Waals surface area contributed by atoms with Crippen LogP contribution in [0.4, 0.5) is 0 Å². The number of nitrogens with zero attached hydrogens (tertiary/aromatic N) is 1. The van der Waals surface area contributed by atoms with Crippen LogP contribution in [0.25, 0.3) is 0 Å². The maximum atomic E-state index is 13.5. The number of aliphatic carboxylic acids is 1. The van der Waals surface area contributed by atoms with E-state index in [0.717, 1.165) is 17.4 Å². The van der Waals surface area contributed by atoms with Crippen molar-refractivity contribution < 1.29 is 31.5 Å². The maximum absolute atomic E-state index is 13.5. The number of halogens is 2. The third-order valence-corrected chi connectivity index (χ3v) is 4.57. The Morgan fingerprint density at radius 3 is 2.48 bits per heavy atom. The number of carbonyl (C=O) groups is 3. The van der Waals surface area contributed by atoms with Crippen LogP contribution >= 0.6 is 23.2 Å². The highest BCUT2D eigenvalue weighted by atomic mass is 35.5. The van der Waals surface area contributed by atoms with Crippen LogP contribution in [0.1, 0.15) is 62.6 Å². The molecule has 29 heavy (non-hydrogen) atoms. The van der Waals surface area contributed by atoms with Crippen LogP contribution < -0.4 is 5.32 Å². The molecular weight excluding hydrogens is 419 g/mol. The molecule has 0 aromatic heterocycles. The number of hydrogen-bond donors (Lipinski definition) is 3. The minimum absolute atomic E-state index is 0.0299. The average Bonchev–Trinajstić information content (AvgIpc) is 2.76. The fourth-order valence-electron chi connectivity index (χ4n) is 2.36. The van der Waals surface area contributed by atoms with E-state index >= 15 is 0 Å². The van der Waals surface area contributed by atoms with E-state index in [4.69, 9.17) is 30.1 Å². The van der Waals surface area contributed by atoms with Gasteiger partial charge in [0.05, 0.1) is 11.4 Å². The van der Waals surface area contributed by atoms with Crippen molar-refractivity contribution in [3.63, 3.8) is 0 Å². The van der Waals surface area contributed by atoms with E-state index in [0.29, 0.717) is 12.8 Å². The number of aliphatic hydroxyl groups excluding tert-OH is 1. The molecule has 0 fully saturated rings. The van der Waals surface area contributed by atoms with Gasteiger partial charge in [-0.3, -0.25) is 14.4 Å². The lowest BCUT2D eigenvalue weighted by Crippen LogP contribution is -2.49. The molecule has 0 bridgehead atoms. The van der Waals surface area contributed by atoms with E-state index in [-0.39, 0.29) is 41.7 Å². The van der Waals surface area contributed by atoms with Gasteiger partial charge in [0.25, 0.3) is 5.91 Å². The summed E-state index contributed by atoms with van der Waals surface area (Å²) in [6.45, 7) is 1.50. The first kappa shape index (κ1) is 18.0. The van der Waals surface area contributed by atoms with Gasteiger partial charge in [-0.2, -0.15) is 0 Å². The predicted octanol–water partition coefficient (Wildman–Crippen LogP) is 3.36. The van der Waals surface area contributed by atoms with Crippen LogP contribution in [0.3, 0.4) is 0 Å². The number of amides is 2. The third kappa shape index (κ3) is 9.02. The second kappa shape index (κ2) is 13.4. The van der Waals surface area contributed by atoms with Crippen LogP contribution in [0.2, 0.25) is 10.0 Å². The van der Waals surface area contributed by atoms with Crippen molar-refractivity contribution in [3.8, 4) is 0 Å². The molecule has 1 aromatic rings. The molecule has 2 amide bonds. The molecule has 0 saturated heterocycles. The molecule has 0 radical (unpaired) electrons. The molecule has 1 aromatic carbocycles. The standard InChI is InChI=1S/C20H28Cl2N2O5/c1-2-3-4-10-24(11-5-12-25)20(29)17(8-9-18(26)27)23-19(28)14-6-7-15(21)16(22)13-14/h6-7,13,17,25H,2-5,8-12H2,1H3,(H,23,28)(H,26,27)/i8D2,9D2,17D. The van der Waals surface area contributed by atoms with Gasteiger partial charge in [-0.25, -0.2) is 0 Å². The number of carboxylic acid groups (broad SMARTS) is 1. The summed E-state index contributed by atoms with van der Waals surface area (Å²) in [6, 6.07) is 0.173. The van der Waals surface area contributed by atoms with E-state index in [1.165, 1.54) is 12.1 Å². The van der Waals surface area contributed by atoms with E-state index < -0.39 is 36.5 Å². The lowest BCUT2D eigenvalue weighted by Gasteiger charge is -2.28. The van der Waals surface area contributed by atoms with Gasteiger partial charge in [0, 0.05) is 37.1 Å². The molecule has 0 spiro atoms. The van der Waals surface area contributed by atoms with E-state index in [1.807, 2.05) is 12.2 Å². The van der Waals surface area contributed by atoms with Crippen LogP contribution in [0.5, 0.6) is 0 Å². The minimum atomic E-state index is -3.73. The van der Waals surface area contributed by atoms with Crippen molar-refractivity contribution in [2.45, 2.75) is 51.4 Å². The van der Waals surface area contributed by atoms with E-state index in [2.05, 4.69) is 0 Å². The van der Waals surface area contributed by atoms with Gasteiger partial charge in [-0.15, -0.1) is 0 Å². The smallest absolute Gasteiger partial charge is 0.303 e. The van der Waals surface area contributed by atoms with Gasteiger partial charge >= 0.3 is 5.97 Å². The Balaban J connectivity index is 3.56. The highest BCUT2D eigenvalue weighted by molar-refractivity contribution is 6.42. The number of benzene rings is 1. The summed E-state index contributed by atoms with van der Waals surface area (Å²) in [4.78, 5) is 38.9. The number of hydrogen-bond acceptors (Lipinski definition) is 4. The fraction of sp³-hybridized carbons (Fsp3) is 0.550. The molecule has 0 saturated carbocycles. The fourth-order valence-corrected chi connectivity index (χ4v) is 2.66. The molecule has 3 N–H and O–H groups in total. The van der Waals surface area contributed by atoms with E-state index in [9.17, 15) is 24.6 Å². The zero-order chi connectivity index (χ0) is 26.3. The van der Waals surface area contributed by atoms with Gasteiger partial charge < -0.3 is 20.4 Å². The zero-order valence-corrected chi connectivity index (χ0v) is 17.5. The van der Waals surface area contributed by atoms with Crippen LogP contribution in [0.15, 0.2) is 18.2 Å². The number of nitrogens with one attached hydrogen (secondary N) is 1. The molecule has 0 heterocycles. The number of rotatable bonds is 13. The molecule has 7 nitrogen and oxygen atoms in total. The minimum Gasteiger partial charge on any atom is -0.481 e. The molecule has 1 rings (SSSR count). The number of aliphatic hydroxyl groups is 1. The van der Waals surface area contributed by atoms with Crippen molar-refractivity contribution in [1.82, 2.24) is 10.2 Å². The molecule has 0 aliphatic rings. The Hall–Kier alpha value is -1.83. The van der Waals surface area contributed by atoms with Gasteiger partial charge in [0.15, 0.2) is 0 Å². The Kier molecular flexibility index (Phi) is 8.31. The van der Waals surface area contributed by atoms with Crippen LogP contribution in [-0.4, -0.2) is 58.6 Å². The first-order valence-electron chi connectivity index (χ1n) is 11.6. The monoisotopic (exact) mass is 451 g/mol. The highest BCUT2D eigenvalue weighted by Gasteiger charge is 2.27. The summed E-state index contributed by atoms with van der Waals surface area (Å²) in [5, 5.41) is 20.4. The Morgan fingerprint density at radius 2 is 1.90 bits per heavy atom. The second-order valence-corrected chi connectivity index (χ2v) is 6.90. The molecule has 162 valence electrons. The normalized spacial score (nSPS) is 16.3. The summed E-state index contributed by atoms with van der Waals surface area (Å²) in [5.74, 6) is -4.76. The largest absolute Gasteiger partial charge is 0.481 e. The summed E-state index contributed by atoms with van der Waals surface area (Å²) in [7, 11) is 0. The van der Waals surface area contributed by atoms with Crippen molar-refractivity contribution in [2.24, 2.45) is 0 Å². The SMILES string of the molecule is [2H]C([2H])(C(=O)O)C([2H])([2H])C([2H])(NC(=O)c1ccc(Cl)c(Cl)c1)C(=O)N(CCCO)CCCCC. The van der Waals surface area contributed by atoms with Crippen molar-refractivity contribution in [3.05, 3.63) is 33.8 Å².